The van der Waals surface area contributed by atoms with Gasteiger partial charge in [-0.3, -0.25) is 4.79 Å². The van der Waals surface area contributed by atoms with Gasteiger partial charge in [0.2, 0.25) is 5.89 Å². The van der Waals surface area contributed by atoms with E-state index in [1.807, 2.05) is 30.3 Å². The highest BCUT2D eigenvalue weighted by Crippen LogP contribution is 2.26. The third kappa shape index (κ3) is 4.31. The molecule has 0 saturated carbocycles. The number of aromatic nitrogens is 2. The average Bonchev–Trinajstić information content (AvgIpc) is 3.26. The van der Waals surface area contributed by atoms with Crippen LogP contribution in [0.15, 0.2) is 53.2 Å². The maximum absolute atomic E-state index is 12.9. The molecule has 0 unspecified atom stereocenters. The monoisotopic (exact) mass is 390 g/mol. The molecule has 150 valence electrons. The minimum Gasteiger partial charge on any atom is -0.441 e. The van der Waals surface area contributed by atoms with Gasteiger partial charge < -0.3 is 14.6 Å². The van der Waals surface area contributed by atoms with E-state index in [1.165, 1.54) is 6.42 Å². The molecule has 2 aromatic heterocycles. The number of nitrogens with zero attached hydrogens (tertiary/aromatic N) is 3. The summed E-state index contributed by atoms with van der Waals surface area (Å²) in [5, 5.41) is 2.98. The highest BCUT2D eigenvalue weighted by molar-refractivity contribution is 6.07. The van der Waals surface area contributed by atoms with E-state index in [0.29, 0.717) is 17.4 Å². The summed E-state index contributed by atoms with van der Waals surface area (Å²) < 4.78 is 5.79. The van der Waals surface area contributed by atoms with Crippen molar-refractivity contribution >= 4 is 17.4 Å². The molecule has 1 aliphatic rings. The fourth-order valence-electron chi connectivity index (χ4n) is 3.51. The first kappa shape index (κ1) is 19.2. The largest absolute Gasteiger partial charge is 0.441 e. The second kappa shape index (κ2) is 8.47. The van der Waals surface area contributed by atoms with Crippen LogP contribution in [0, 0.1) is 0 Å². The van der Waals surface area contributed by atoms with Crippen molar-refractivity contribution in [2.75, 3.05) is 23.3 Å². The zero-order valence-corrected chi connectivity index (χ0v) is 16.9. The summed E-state index contributed by atoms with van der Waals surface area (Å²) >= 11 is 0. The Morgan fingerprint density at radius 1 is 1.07 bits per heavy atom. The molecular weight excluding hydrogens is 364 g/mol. The maximum atomic E-state index is 12.9. The molecule has 1 aromatic carbocycles. The first-order valence-electron chi connectivity index (χ1n) is 10.2. The number of oxazole rings is 1. The van der Waals surface area contributed by atoms with Gasteiger partial charge in [-0.1, -0.05) is 13.8 Å². The quantitative estimate of drug-likeness (QED) is 0.656. The Balaban J connectivity index is 1.49. The van der Waals surface area contributed by atoms with Gasteiger partial charge in [-0.05, 0) is 55.7 Å². The summed E-state index contributed by atoms with van der Waals surface area (Å²) in [6, 6.07) is 11.2. The van der Waals surface area contributed by atoms with Crippen LogP contribution in [-0.2, 0) is 0 Å². The van der Waals surface area contributed by atoms with Gasteiger partial charge in [-0.25, -0.2) is 9.97 Å². The number of piperidine rings is 1. The number of nitrogens with one attached hydrogen (secondary N) is 1. The van der Waals surface area contributed by atoms with Crippen molar-refractivity contribution in [3.63, 3.8) is 0 Å². The number of benzene rings is 1. The van der Waals surface area contributed by atoms with Crippen molar-refractivity contribution in [1.82, 2.24) is 9.97 Å². The number of carbonyl (C=O) groups is 1. The normalized spacial score (nSPS) is 14.2. The predicted octanol–water partition coefficient (Wildman–Crippen LogP) is 5.10. The van der Waals surface area contributed by atoms with Crippen molar-refractivity contribution in [2.24, 2.45) is 0 Å². The molecule has 1 amide bonds. The number of amides is 1. The Bertz CT molecular complexity index is 973. The predicted molar refractivity (Wildman–Crippen MR) is 114 cm³/mol. The Hall–Kier alpha value is -3.15. The number of pyridine rings is 1. The molecule has 0 aliphatic carbocycles. The molecule has 0 atom stereocenters. The third-order valence-electron chi connectivity index (χ3n) is 5.17. The summed E-state index contributed by atoms with van der Waals surface area (Å²) in [7, 11) is 0. The zero-order chi connectivity index (χ0) is 20.2. The van der Waals surface area contributed by atoms with E-state index >= 15 is 0 Å². The molecule has 29 heavy (non-hydrogen) atoms. The van der Waals surface area contributed by atoms with Gasteiger partial charge in [-0.15, -0.1) is 0 Å². The van der Waals surface area contributed by atoms with Crippen molar-refractivity contribution < 1.29 is 9.21 Å². The number of rotatable bonds is 5. The van der Waals surface area contributed by atoms with Crippen LogP contribution in [-0.4, -0.2) is 29.0 Å². The number of carbonyl (C=O) groups excluding carboxylic acids is 1. The van der Waals surface area contributed by atoms with E-state index in [4.69, 9.17) is 4.42 Å². The van der Waals surface area contributed by atoms with Crippen LogP contribution in [0.4, 0.5) is 11.5 Å². The lowest BCUT2D eigenvalue weighted by Gasteiger charge is -2.29. The van der Waals surface area contributed by atoms with Gasteiger partial charge in [0, 0.05) is 36.5 Å². The summed E-state index contributed by atoms with van der Waals surface area (Å²) in [5.41, 5.74) is 2.21. The molecule has 3 heterocycles. The van der Waals surface area contributed by atoms with Crippen LogP contribution >= 0.6 is 0 Å². The van der Waals surface area contributed by atoms with Gasteiger partial charge in [0.15, 0.2) is 0 Å². The van der Waals surface area contributed by atoms with Crippen molar-refractivity contribution in [3.8, 4) is 11.5 Å². The van der Waals surface area contributed by atoms with Crippen molar-refractivity contribution in [1.29, 1.82) is 0 Å². The van der Waals surface area contributed by atoms with Crippen LogP contribution in [0.2, 0.25) is 0 Å². The molecule has 0 radical (unpaired) electrons. The minimum atomic E-state index is -0.148. The highest BCUT2D eigenvalue weighted by Gasteiger charge is 2.19. The molecule has 6 nitrogen and oxygen atoms in total. The van der Waals surface area contributed by atoms with Gasteiger partial charge in [0.25, 0.3) is 5.91 Å². The van der Waals surface area contributed by atoms with Crippen molar-refractivity contribution in [2.45, 2.75) is 39.0 Å². The van der Waals surface area contributed by atoms with E-state index in [0.717, 1.165) is 48.8 Å². The van der Waals surface area contributed by atoms with E-state index in [2.05, 4.69) is 34.0 Å². The van der Waals surface area contributed by atoms with E-state index in [1.54, 1.807) is 18.5 Å². The number of hydrogen-bond acceptors (Lipinski definition) is 5. The van der Waals surface area contributed by atoms with Gasteiger partial charge >= 0.3 is 0 Å². The fraction of sp³-hybridized carbons (Fsp3) is 0.348. The lowest BCUT2D eigenvalue weighted by atomic mass is 10.1. The topological polar surface area (TPSA) is 71.3 Å². The molecule has 4 rings (SSSR count). The Kier molecular flexibility index (Phi) is 5.60. The Morgan fingerprint density at radius 3 is 2.52 bits per heavy atom. The lowest BCUT2D eigenvalue weighted by molar-refractivity contribution is 0.102. The van der Waals surface area contributed by atoms with Crippen LogP contribution in [0.25, 0.3) is 11.5 Å². The number of anilines is 2. The van der Waals surface area contributed by atoms with Crippen LogP contribution in [0.3, 0.4) is 0 Å². The van der Waals surface area contributed by atoms with E-state index in [-0.39, 0.29) is 5.91 Å². The molecule has 1 fully saturated rings. The maximum Gasteiger partial charge on any atom is 0.259 e. The Morgan fingerprint density at radius 2 is 1.83 bits per heavy atom. The van der Waals surface area contributed by atoms with E-state index in [9.17, 15) is 4.79 Å². The number of hydrogen-bond donors (Lipinski definition) is 1. The lowest BCUT2D eigenvalue weighted by Crippen LogP contribution is -2.32. The molecule has 0 bridgehead atoms. The van der Waals surface area contributed by atoms with Gasteiger partial charge in [-0.2, -0.15) is 0 Å². The second-order valence-corrected chi connectivity index (χ2v) is 7.68. The molecule has 3 aromatic rings. The summed E-state index contributed by atoms with van der Waals surface area (Å²) in [4.78, 5) is 23.9. The smallest absolute Gasteiger partial charge is 0.259 e. The first-order valence-corrected chi connectivity index (χ1v) is 10.2. The zero-order valence-electron chi connectivity index (χ0n) is 16.9. The molecule has 0 spiro atoms. The fourth-order valence-corrected chi connectivity index (χ4v) is 3.51. The summed E-state index contributed by atoms with van der Waals surface area (Å²) in [6.07, 6.45) is 7.02. The molecule has 1 N–H and O–H groups in total. The summed E-state index contributed by atoms with van der Waals surface area (Å²) in [5.74, 6) is 2.36. The summed E-state index contributed by atoms with van der Waals surface area (Å²) in [6.45, 7) is 6.03. The van der Waals surface area contributed by atoms with Crippen LogP contribution in [0.5, 0.6) is 0 Å². The SMILES string of the molecule is CC(C)c1cnc(-c2ccc(NC(=O)c3cccnc3N3CCCCC3)cc2)o1. The molecule has 1 saturated heterocycles. The molecule has 1 aliphatic heterocycles. The second-order valence-electron chi connectivity index (χ2n) is 7.68. The molecular formula is C23H26N4O2. The van der Waals surface area contributed by atoms with Gasteiger partial charge in [0.1, 0.15) is 11.6 Å². The average molecular weight is 390 g/mol. The molecule has 6 heteroatoms. The first-order chi connectivity index (χ1) is 14.1. The van der Waals surface area contributed by atoms with E-state index < -0.39 is 0 Å². The highest BCUT2D eigenvalue weighted by atomic mass is 16.4. The van der Waals surface area contributed by atoms with Crippen LogP contribution < -0.4 is 10.2 Å². The Labute approximate surface area is 171 Å². The van der Waals surface area contributed by atoms with Gasteiger partial charge in [0.05, 0.1) is 11.8 Å². The minimum absolute atomic E-state index is 0.148. The standard InChI is InChI=1S/C23H26N4O2/c1-16(2)20-15-25-23(29-20)17-8-10-18(11-9-17)26-22(28)19-7-6-12-24-21(19)27-13-4-3-5-14-27/h6-12,15-16H,3-5,13-14H2,1-2H3,(H,26,28). The van der Waals surface area contributed by atoms with Crippen LogP contribution in [0.1, 0.15) is 55.1 Å². The van der Waals surface area contributed by atoms with Crippen molar-refractivity contribution in [3.05, 3.63) is 60.1 Å². The third-order valence-corrected chi connectivity index (χ3v) is 5.17.